The Balaban J connectivity index is 2.12. The number of anilines is 1. The zero-order valence-electron chi connectivity index (χ0n) is 10.6. The minimum atomic E-state index is -0.451. The summed E-state index contributed by atoms with van der Waals surface area (Å²) in [6.07, 6.45) is 0.684. The molecule has 2 heterocycles. The predicted octanol–water partition coefficient (Wildman–Crippen LogP) is 2.75. The van der Waals surface area contributed by atoms with E-state index in [9.17, 15) is 4.79 Å². The maximum atomic E-state index is 12.0. The summed E-state index contributed by atoms with van der Waals surface area (Å²) in [6, 6.07) is 1.92. The molecule has 2 aromatic rings. The lowest BCUT2D eigenvalue weighted by atomic mass is 10.2. The minimum Gasteiger partial charge on any atom is -0.455 e. The Kier molecular flexibility index (Phi) is 4.26. The molecule has 5 nitrogen and oxygen atoms in total. The topological polar surface area (TPSA) is 70.1 Å². The van der Waals surface area contributed by atoms with Gasteiger partial charge in [0.05, 0.1) is 16.3 Å². The first kappa shape index (κ1) is 14.1. The lowest BCUT2D eigenvalue weighted by Crippen LogP contribution is -2.12. The van der Waals surface area contributed by atoms with Crippen LogP contribution >= 0.6 is 27.3 Å². The Morgan fingerprint density at radius 1 is 1.63 bits per heavy atom. The van der Waals surface area contributed by atoms with Crippen LogP contribution in [0.15, 0.2) is 15.9 Å². The van der Waals surface area contributed by atoms with Gasteiger partial charge in [0.1, 0.15) is 6.61 Å². The van der Waals surface area contributed by atoms with Crippen molar-refractivity contribution in [2.45, 2.75) is 20.0 Å². The molecule has 0 amide bonds. The van der Waals surface area contributed by atoms with Crippen LogP contribution in [0.3, 0.4) is 0 Å². The van der Waals surface area contributed by atoms with Gasteiger partial charge in [-0.25, -0.2) is 4.79 Å². The molecular weight excluding hydrogens is 330 g/mol. The maximum Gasteiger partial charge on any atom is 0.359 e. The molecule has 2 N–H and O–H groups in total. The molecule has 2 aromatic heterocycles. The molecule has 0 unspecified atom stereocenters. The van der Waals surface area contributed by atoms with Gasteiger partial charge in [-0.2, -0.15) is 5.10 Å². The number of rotatable bonds is 4. The number of hydrogen-bond donors (Lipinski definition) is 1. The molecule has 0 bridgehead atoms. The van der Waals surface area contributed by atoms with Gasteiger partial charge in [0.15, 0.2) is 5.69 Å². The first-order valence-electron chi connectivity index (χ1n) is 5.75. The van der Waals surface area contributed by atoms with Crippen molar-refractivity contribution in [3.63, 3.8) is 0 Å². The smallest absolute Gasteiger partial charge is 0.359 e. The number of aromatic nitrogens is 2. The fraction of sp³-hybridized carbons (Fsp3) is 0.333. The van der Waals surface area contributed by atoms with Gasteiger partial charge in [-0.3, -0.25) is 4.68 Å². The van der Waals surface area contributed by atoms with E-state index in [0.29, 0.717) is 23.5 Å². The lowest BCUT2D eigenvalue weighted by molar-refractivity contribution is 0.0464. The van der Waals surface area contributed by atoms with E-state index >= 15 is 0 Å². The van der Waals surface area contributed by atoms with E-state index in [4.69, 9.17) is 10.5 Å². The molecule has 2 rings (SSSR count). The fourth-order valence-electron chi connectivity index (χ4n) is 1.73. The van der Waals surface area contributed by atoms with Crippen LogP contribution in [0.2, 0.25) is 0 Å². The molecule has 0 aliphatic carbocycles. The van der Waals surface area contributed by atoms with Crippen molar-refractivity contribution in [3.8, 4) is 0 Å². The standard InChI is InChI=1S/C12H14BrN3O2S/c1-3-8-10(14)11(16(2)15-8)12(17)18-6-9-7(13)4-5-19-9/h4-5H,3,6,14H2,1-2H3. The third-order valence-corrected chi connectivity index (χ3v) is 4.61. The zero-order chi connectivity index (χ0) is 14.0. The summed E-state index contributed by atoms with van der Waals surface area (Å²) in [5, 5.41) is 6.13. The Morgan fingerprint density at radius 2 is 2.37 bits per heavy atom. The summed E-state index contributed by atoms with van der Waals surface area (Å²) in [7, 11) is 1.69. The van der Waals surface area contributed by atoms with Crippen LogP contribution in [-0.4, -0.2) is 15.7 Å². The van der Waals surface area contributed by atoms with Gasteiger partial charge in [-0.15, -0.1) is 11.3 Å². The Morgan fingerprint density at radius 3 is 2.89 bits per heavy atom. The van der Waals surface area contributed by atoms with E-state index in [1.807, 2.05) is 18.4 Å². The van der Waals surface area contributed by atoms with Gasteiger partial charge in [-0.1, -0.05) is 6.92 Å². The molecule has 0 aliphatic heterocycles. The normalized spacial score (nSPS) is 10.7. The number of halogens is 1. The number of hydrogen-bond acceptors (Lipinski definition) is 5. The van der Waals surface area contributed by atoms with Crippen molar-refractivity contribution < 1.29 is 9.53 Å². The van der Waals surface area contributed by atoms with E-state index in [2.05, 4.69) is 21.0 Å². The summed E-state index contributed by atoms with van der Waals surface area (Å²) in [5.74, 6) is -0.451. The van der Waals surface area contributed by atoms with Crippen LogP contribution in [0.5, 0.6) is 0 Å². The van der Waals surface area contributed by atoms with Crippen molar-refractivity contribution in [2.75, 3.05) is 5.73 Å². The van der Waals surface area contributed by atoms with E-state index in [1.54, 1.807) is 7.05 Å². The van der Waals surface area contributed by atoms with Gasteiger partial charge in [0.25, 0.3) is 0 Å². The molecule has 0 atom stereocenters. The van der Waals surface area contributed by atoms with Crippen LogP contribution in [-0.2, 0) is 24.8 Å². The summed E-state index contributed by atoms with van der Waals surface area (Å²) < 4.78 is 7.69. The number of carbonyl (C=O) groups excluding carboxylic acids is 1. The van der Waals surface area contributed by atoms with Gasteiger partial charge in [0, 0.05) is 11.5 Å². The molecule has 0 aromatic carbocycles. The molecular formula is C12H14BrN3O2S. The summed E-state index contributed by atoms with van der Waals surface area (Å²) >= 11 is 4.92. The molecule has 0 radical (unpaired) electrons. The SMILES string of the molecule is CCc1nn(C)c(C(=O)OCc2sccc2Br)c1N. The van der Waals surface area contributed by atoms with Crippen molar-refractivity contribution in [3.05, 3.63) is 32.2 Å². The zero-order valence-corrected chi connectivity index (χ0v) is 13.0. The third-order valence-electron chi connectivity index (χ3n) is 2.71. The number of nitrogen functional groups attached to an aromatic ring is 1. The average Bonchev–Trinajstić information content (AvgIpc) is 2.90. The monoisotopic (exact) mass is 343 g/mol. The molecule has 0 fully saturated rings. The first-order chi connectivity index (χ1) is 9.04. The number of nitrogens with two attached hydrogens (primary N) is 1. The van der Waals surface area contributed by atoms with E-state index in [1.165, 1.54) is 16.0 Å². The van der Waals surface area contributed by atoms with E-state index in [-0.39, 0.29) is 6.61 Å². The highest BCUT2D eigenvalue weighted by Crippen LogP contribution is 2.24. The molecule has 19 heavy (non-hydrogen) atoms. The molecule has 0 spiro atoms. The molecule has 102 valence electrons. The van der Waals surface area contributed by atoms with Crippen molar-refractivity contribution >= 4 is 38.9 Å². The second-order valence-electron chi connectivity index (χ2n) is 3.95. The molecule has 0 aliphatic rings. The summed E-state index contributed by atoms with van der Waals surface area (Å²) in [5.41, 5.74) is 7.33. The predicted molar refractivity (Wildman–Crippen MR) is 78.1 cm³/mol. The highest BCUT2D eigenvalue weighted by Gasteiger charge is 2.20. The van der Waals surface area contributed by atoms with Crippen LogP contribution in [0.1, 0.15) is 28.0 Å². The third kappa shape index (κ3) is 2.82. The van der Waals surface area contributed by atoms with Crippen LogP contribution in [0.4, 0.5) is 5.69 Å². The molecule has 0 saturated heterocycles. The van der Waals surface area contributed by atoms with E-state index in [0.717, 1.165) is 9.35 Å². The number of esters is 1. The Bertz CT molecular complexity index is 606. The second-order valence-corrected chi connectivity index (χ2v) is 5.81. The molecule has 0 saturated carbocycles. The number of carbonyl (C=O) groups is 1. The van der Waals surface area contributed by atoms with Gasteiger partial charge in [-0.05, 0) is 33.8 Å². The van der Waals surface area contributed by atoms with Crippen molar-refractivity contribution in [1.29, 1.82) is 0 Å². The van der Waals surface area contributed by atoms with Crippen LogP contribution in [0, 0.1) is 0 Å². The highest BCUT2D eigenvalue weighted by molar-refractivity contribution is 9.10. The lowest BCUT2D eigenvalue weighted by Gasteiger charge is -2.05. The largest absolute Gasteiger partial charge is 0.455 e. The highest BCUT2D eigenvalue weighted by atomic mass is 79.9. The second kappa shape index (κ2) is 5.75. The van der Waals surface area contributed by atoms with E-state index < -0.39 is 5.97 Å². The van der Waals surface area contributed by atoms with Crippen LogP contribution < -0.4 is 5.73 Å². The number of ether oxygens (including phenoxy) is 1. The van der Waals surface area contributed by atoms with Gasteiger partial charge < -0.3 is 10.5 Å². The first-order valence-corrected chi connectivity index (χ1v) is 7.42. The quantitative estimate of drug-likeness (QED) is 0.866. The average molecular weight is 344 g/mol. The number of thiophene rings is 1. The Hall–Kier alpha value is -1.34. The minimum absolute atomic E-state index is 0.225. The van der Waals surface area contributed by atoms with Gasteiger partial charge in [0.2, 0.25) is 0 Å². The Labute approximate surface area is 123 Å². The number of aryl methyl sites for hydroxylation is 2. The number of nitrogens with zero attached hydrogens (tertiary/aromatic N) is 2. The van der Waals surface area contributed by atoms with Crippen LogP contribution in [0.25, 0.3) is 0 Å². The summed E-state index contributed by atoms with van der Waals surface area (Å²) in [4.78, 5) is 13.0. The molecule has 7 heteroatoms. The fourth-order valence-corrected chi connectivity index (χ4v) is 3.10. The van der Waals surface area contributed by atoms with Gasteiger partial charge >= 0.3 is 5.97 Å². The van der Waals surface area contributed by atoms with Crippen molar-refractivity contribution in [2.24, 2.45) is 7.05 Å². The maximum absolute atomic E-state index is 12.0. The van der Waals surface area contributed by atoms with Crippen molar-refractivity contribution in [1.82, 2.24) is 9.78 Å². The summed E-state index contributed by atoms with van der Waals surface area (Å²) in [6.45, 7) is 2.17.